The molecule has 2 heterocycles. The van der Waals surface area contributed by atoms with Gasteiger partial charge in [0.25, 0.3) is 15.9 Å². The molecule has 1 aliphatic rings. The number of carbonyl (C=O) groups is 1. The number of carbonyl (C=O) groups excluding carboxylic acids is 1. The second kappa shape index (κ2) is 10.2. The van der Waals surface area contributed by atoms with Crippen molar-refractivity contribution < 1.29 is 31.5 Å². The number of anilines is 1. The summed E-state index contributed by atoms with van der Waals surface area (Å²) in [5, 5.41) is 11.4. The molecule has 0 spiro atoms. The van der Waals surface area contributed by atoms with E-state index in [2.05, 4.69) is 4.72 Å². The van der Waals surface area contributed by atoms with Crippen LogP contribution >= 0.6 is 11.3 Å². The minimum Gasteiger partial charge on any atom is -0.488 e. The van der Waals surface area contributed by atoms with Gasteiger partial charge in [-0.15, -0.1) is 11.3 Å². The van der Waals surface area contributed by atoms with E-state index < -0.39 is 38.1 Å². The number of aliphatic hydroxyl groups excluding tert-OH is 1. The summed E-state index contributed by atoms with van der Waals surface area (Å²) in [6.45, 7) is 3.55. The molecule has 2 N–H and O–H groups in total. The molecule has 1 aliphatic heterocycles. The first-order chi connectivity index (χ1) is 15.8. The van der Waals surface area contributed by atoms with E-state index in [0.717, 1.165) is 17.6 Å². The maximum atomic E-state index is 13.4. The first-order valence-electron chi connectivity index (χ1n) is 10.5. The van der Waals surface area contributed by atoms with Gasteiger partial charge in [-0.2, -0.15) is 0 Å². The third kappa shape index (κ3) is 5.89. The molecule has 0 saturated heterocycles. The predicted molar refractivity (Wildman–Crippen MR) is 130 cm³/mol. The Labute approximate surface area is 204 Å². The van der Waals surface area contributed by atoms with Crippen molar-refractivity contribution in [3.8, 4) is 5.75 Å². The molecule has 1 aromatic carbocycles. The lowest BCUT2D eigenvalue weighted by Gasteiger charge is -2.38. The van der Waals surface area contributed by atoms with E-state index in [4.69, 9.17) is 4.74 Å². The Balaban J connectivity index is 2.01. The summed E-state index contributed by atoms with van der Waals surface area (Å²) >= 11 is 1.07. The Morgan fingerprint density at radius 1 is 1.29 bits per heavy atom. The van der Waals surface area contributed by atoms with Crippen molar-refractivity contribution in [3.05, 3.63) is 41.3 Å². The monoisotopic (exact) mass is 531 g/mol. The number of amides is 1. The normalized spacial score (nSPS) is 20.3. The van der Waals surface area contributed by atoms with Crippen molar-refractivity contribution in [3.63, 3.8) is 0 Å². The van der Waals surface area contributed by atoms with Crippen molar-refractivity contribution in [2.45, 2.75) is 30.2 Å². The maximum absolute atomic E-state index is 13.4. The number of nitrogens with zero attached hydrogens (tertiary/aromatic N) is 2. The van der Waals surface area contributed by atoms with Gasteiger partial charge in [-0.25, -0.2) is 21.1 Å². The first kappa shape index (κ1) is 26.4. The smallest absolute Gasteiger partial charge is 0.271 e. The number of rotatable bonds is 8. The molecule has 3 atom stereocenters. The quantitative estimate of drug-likeness (QED) is 0.529. The van der Waals surface area contributed by atoms with E-state index in [9.17, 15) is 26.7 Å². The van der Waals surface area contributed by atoms with Crippen LogP contribution in [0, 0.1) is 5.92 Å². The maximum Gasteiger partial charge on any atom is 0.271 e. The van der Waals surface area contributed by atoms with Crippen LogP contribution < -0.4 is 9.46 Å². The van der Waals surface area contributed by atoms with Crippen molar-refractivity contribution in [2.75, 3.05) is 37.7 Å². The molecule has 3 rings (SSSR count). The molecular formula is C21H29N3O7S3. The number of likely N-dealkylation sites (N-methyl/N-ethyl adjacent to an activating group) is 1. The van der Waals surface area contributed by atoms with Crippen LogP contribution in [-0.2, 0) is 20.0 Å². The van der Waals surface area contributed by atoms with Gasteiger partial charge >= 0.3 is 0 Å². The summed E-state index contributed by atoms with van der Waals surface area (Å²) in [6, 6.07) is 6.96. The van der Waals surface area contributed by atoms with Gasteiger partial charge in [0.05, 0.1) is 31.0 Å². The highest BCUT2D eigenvalue weighted by Gasteiger charge is 2.34. The number of nitrogens with one attached hydrogen (secondary N) is 1. The highest BCUT2D eigenvalue weighted by Crippen LogP contribution is 2.31. The van der Waals surface area contributed by atoms with Crippen molar-refractivity contribution in [1.82, 2.24) is 9.21 Å². The minimum atomic E-state index is -3.83. The van der Waals surface area contributed by atoms with Gasteiger partial charge in [-0.1, -0.05) is 13.0 Å². The number of aliphatic hydroxyl groups is 1. The zero-order valence-electron chi connectivity index (χ0n) is 19.3. The number of fused-ring (bicyclic) bond motifs is 1. The molecular weight excluding hydrogens is 502 g/mol. The second-order valence-electron chi connectivity index (χ2n) is 8.41. The lowest BCUT2D eigenvalue weighted by Crippen LogP contribution is -2.50. The Hall–Kier alpha value is -2.19. The molecule has 2 aromatic rings. The standard InChI is InChI=1S/C21H29N3O7S3/c1-14-11-24(15(2)13-25)21(26)17-10-16(22-34(29,30)20-6-5-9-32-20)7-8-18(17)31-19(14)12-23(3)33(4,27)28/h5-10,14-15,19,22,25H,11-13H2,1-4H3/t14-,15+,19-/m1/s1. The zero-order chi connectivity index (χ0) is 25.3. The van der Waals surface area contributed by atoms with E-state index in [-0.39, 0.29) is 46.8 Å². The number of ether oxygens (including phenoxy) is 1. The molecule has 34 heavy (non-hydrogen) atoms. The highest BCUT2D eigenvalue weighted by atomic mass is 32.2. The van der Waals surface area contributed by atoms with Crippen LogP contribution in [0.2, 0.25) is 0 Å². The van der Waals surface area contributed by atoms with Crippen LogP contribution in [-0.4, -0.2) is 82.2 Å². The van der Waals surface area contributed by atoms with Crippen LogP contribution in [0.4, 0.5) is 5.69 Å². The molecule has 1 aromatic heterocycles. The van der Waals surface area contributed by atoms with Gasteiger partial charge < -0.3 is 14.7 Å². The number of hydrogen-bond donors (Lipinski definition) is 2. The molecule has 0 unspecified atom stereocenters. The van der Waals surface area contributed by atoms with Gasteiger partial charge in [0, 0.05) is 25.2 Å². The molecule has 0 bridgehead atoms. The van der Waals surface area contributed by atoms with Crippen LogP contribution in [0.25, 0.3) is 0 Å². The predicted octanol–water partition coefficient (Wildman–Crippen LogP) is 1.66. The lowest BCUT2D eigenvalue weighted by atomic mass is 9.99. The zero-order valence-corrected chi connectivity index (χ0v) is 21.8. The van der Waals surface area contributed by atoms with Crippen molar-refractivity contribution in [1.29, 1.82) is 0 Å². The topological polar surface area (TPSA) is 133 Å². The summed E-state index contributed by atoms with van der Waals surface area (Å²) in [5.74, 6) is -0.472. The Bertz CT molecular complexity index is 1230. The van der Waals surface area contributed by atoms with Gasteiger partial charge in [0.1, 0.15) is 16.1 Å². The summed E-state index contributed by atoms with van der Waals surface area (Å²) in [7, 11) is -5.84. The largest absolute Gasteiger partial charge is 0.488 e. The Morgan fingerprint density at radius 3 is 2.59 bits per heavy atom. The van der Waals surface area contributed by atoms with Gasteiger partial charge in [0.2, 0.25) is 10.0 Å². The van der Waals surface area contributed by atoms with Crippen molar-refractivity contribution >= 4 is 43.0 Å². The van der Waals surface area contributed by atoms with Gasteiger partial charge in [-0.05, 0) is 36.6 Å². The van der Waals surface area contributed by atoms with E-state index in [1.54, 1.807) is 18.4 Å². The van der Waals surface area contributed by atoms with Gasteiger partial charge in [-0.3, -0.25) is 9.52 Å². The lowest BCUT2D eigenvalue weighted by molar-refractivity contribution is 0.0387. The molecule has 0 saturated carbocycles. The Morgan fingerprint density at radius 2 is 2.00 bits per heavy atom. The fourth-order valence-corrected chi connectivity index (χ4v) is 5.97. The summed E-state index contributed by atoms with van der Waals surface area (Å²) in [5.41, 5.74) is 0.296. The van der Waals surface area contributed by atoms with Crippen LogP contribution in [0.15, 0.2) is 39.9 Å². The average molecular weight is 532 g/mol. The Kier molecular flexibility index (Phi) is 7.92. The third-order valence-electron chi connectivity index (χ3n) is 5.68. The fraction of sp³-hybridized carbons (Fsp3) is 0.476. The molecule has 188 valence electrons. The SMILES string of the molecule is C[C@@H]1CN([C@@H](C)CO)C(=O)c2cc(NS(=O)(=O)c3cccs3)ccc2O[C@@H]1CN(C)S(C)(=O)=O. The van der Waals surface area contributed by atoms with Crippen LogP contribution in [0.3, 0.4) is 0 Å². The number of hydrogen-bond acceptors (Lipinski definition) is 8. The number of sulfonamides is 2. The molecule has 0 aliphatic carbocycles. The van der Waals surface area contributed by atoms with E-state index >= 15 is 0 Å². The molecule has 10 nitrogen and oxygen atoms in total. The molecule has 13 heteroatoms. The minimum absolute atomic E-state index is 0.0573. The average Bonchev–Trinajstić information content (AvgIpc) is 3.31. The van der Waals surface area contributed by atoms with E-state index in [1.807, 2.05) is 6.92 Å². The van der Waals surface area contributed by atoms with E-state index in [1.165, 1.54) is 40.5 Å². The van der Waals surface area contributed by atoms with Crippen LogP contribution in [0.1, 0.15) is 24.2 Å². The van der Waals surface area contributed by atoms with Crippen molar-refractivity contribution in [2.24, 2.45) is 5.92 Å². The molecule has 1 amide bonds. The number of thiophene rings is 1. The third-order valence-corrected chi connectivity index (χ3v) is 9.74. The van der Waals surface area contributed by atoms with Crippen LogP contribution in [0.5, 0.6) is 5.75 Å². The summed E-state index contributed by atoms with van der Waals surface area (Å²) in [6.07, 6.45) is 0.512. The number of benzene rings is 1. The second-order valence-corrected chi connectivity index (χ2v) is 13.4. The molecule has 0 fully saturated rings. The van der Waals surface area contributed by atoms with Gasteiger partial charge in [0.15, 0.2) is 0 Å². The molecule has 0 radical (unpaired) electrons. The summed E-state index contributed by atoms with van der Waals surface area (Å²) < 4.78 is 59.1. The highest BCUT2D eigenvalue weighted by molar-refractivity contribution is 7.94. The van der Waals surface area contributed by atoms with E-state index in [0.29, 0.717) is 0 Å². The summed E-state index contributed by atoms with van der Waals surface area (Å²) in [4.78, 5) is 14.9. The fourth-order valence-electron chi connectivity index (χ4n) is 3.51. The first-order valence-corrected chi connectivity index (χ1v) is 14.7.